The van der Waals surface area contributed by atoms with Gasteiger partial charge < -0.3 is 15.2 Å². The zero-order valence-electron chi connectivity index (χ0n) is 15.9. The quantitative estimate of drug-likeness (QED) is 0.620. The van der Waals surface area contributed by atoms with E-state index in [4.69, 9.17) is 16.3 Å². The second kappa shape index (κ2) is 6.50. The zero-order valence-corrected chi connectivity index (χ0v) is 16.6. The van der Waals surface area contributed by atoms with E-state index in [9.17, 15) is 19.5 Å². The molecule has 9 heteroatoms. The van der Waals surface area contributed by atoms with Crippen LogP contribution >= 0.6 is 11.6 Å². The highest BCUT2D eigenvalue weighted by Gasteiger charge is 2.71. The van der Waals surface area contributed by atoms with Crippen LogP contribution in [-0.2, 0) is 24.7 Å². The fourth-order valence-corrected chi connectivity index (χ4v) is 5.59. The summed E-state index contributed by atoms with van der Waals surface area (Å²) in [5.41, 5.74) is -0.465. The number of nitrogens with zero attached hydrogens (tertiary/aromatic N) is 1. The van der Waals surface area contributed by atoms with Gasteiger partial charge in [0.25, 0.3) is 0 Å². The van der Waals surface area contributed by atoms with Crippen molar-refractivity contribution in [3.63, 3.8) is 0 Å². The molecule has 6 atom stereocenters. The predicted octanol–water partition coefficient (Wildman–Crippen LogP) is 0.620. The van der Waals surface area contributed by atoms with E-state index in [0.29, 0.717) is 22.9 Å². The monoisotopic (exact) mass is 419 g/mol. The number of imide groups is 1. The SMILES string of the molecule is C[C@H](O)[C@@H]1N[C@@]2(C(=O)Nc3c(Cl)cccc32)[C@H]2C(=O)N(C[C@@H]3CCCO3)C(=O)[C@@H]12. The summed E-state index contributed by atoms with van der Waals surface area (Å²) in [6.07, 6.45) is 0.561. The summed E-state index contributed by atoms with van der Waals surface area (Å²) in [7, 11) is 0. The number of ether oxygens (including phenoxy) is 1. The van der Waals surface area contributed by atoms with Gasteiger partial charge in [-0.1, -0.05) is 23.7 Å². The van der Waals surface area contributed by atoms with Gasteiger partial charge >= 0.3 is 0 Å². The van der Waals surface area contributed by atoms with E-state index in [0.717, 1.165) is 12.8 Å². The van der Waals surface area contributed by atoms with Crippen molar-refractivity contribution < 1.29 is 24.2 Å². The van der Waals surface area contributed by atoms with Crippen LogP contribution in [-0.4, -0.2) is 59.1 Å². The van der Waals surface area contributed by atoms with Crippen molar-refractivity contribution in [2.75, 3.05) is 18.5 Å². The number of carbonyl (C=O) groups excluding carboxylic acids is 3. The number of nitrogens with one attached hydrogen (secondary N) is 2. The first-order chi connectivity index (χ1) is 13.9. The molecule has 3 fully saturated rings. The minimum absolute atomic E-state index is 0.178. The Hall–Kier alpha value is -2.00. The van der Waals surface area contributed by atoms with Crippen LogP contribution < -0.4 is 10.6 Å². The molecule has 0 unspecified atom stereocenters. The summed E-state index contributed by atoms with van der Waals surface area (Å²) in [4.78, 5) is 41.2. The Morgan fingerprint density at radius 2 is 2.14 bits per heavy atom. The molecule has 1 aromatic carbocycles. The smallest absolute Gasteiger partial charge is 0.250 e. The summed E-state index contributed by atoms with van der Waals surface area (Å²) in [5, 5.41) is 16.7. The number of hydrogen-bond acceptors (Lipinski definition) is 6. The molecule has 8 nitrogen and oxygen atoms in total. The summed E-state index contributed by atoms with van der Waals surface area (Å²) < 4.78 is 5.61. The first kappa shape index (κ1) is 19.0. The largest absolute Gasteiger partial charge is 0.392 e. The molecule has 1 aromatic rings. The normalized spacial score (nSPS) is 36.7. The molecule has 3 saturated heterocycles. The summed E-state index contributed by atoms with van der Waals surface area (Å²) >= 11 is 6.27. The molecule has 3 N–H and O–H groups in total. The average Bonchev–Trinajstić information content (AvgIpc) is 3.42. The molecule has 3 amide bonds. The van der Waals surface area contributed by atoms with Crippen LogP contribution in [0.1, 0.15) is 25.3 Å². The summed E-state index contributed by atoms with van der Waals surface area (Å²) in [5.74, 6) is -2.99. The van der Waals surface area contributed by atoms with Crippen molar-refractivity contribution in [2.45, 2.75) is 43.6 Å². The van der Waals surface area contributed by atoms with E-state index >= 15 is 0 Å². The number of aliphatic hydroxyl groups is 1. The van der Waals surface area contributed by atoms with E-state index in [-0.39, 0.29) is 18.6 Å². The lowest BCUT2D eigenvalue weighted by atomic mass is 9.76. The number of hydrogen-bond donors (Lipinski definition) is 3. The zero-order chi connectivity index (χ0) is 20.5. The Bertz CT molecular complexity index is 915. The van der Waals surface area contributed by atoms with E-state index in [2.05, 4.69) is 10.6 Å². The van der Waals surface area contributed by atoms with Gasteiger partial charge in [-0.15, -0.1) is 0 Å². The second-order valence-electron chi connectivity index (χ2n) is 8.26. The maximum Gasteiger partial charge on any atom is 0.250 e. The van der Waals surface area contributed by atoms with Gasteiger partial charge in [-0.05, 0) is 25.8 Å². The minimum Gasteiger partial charge on any atom is -0.392 e. The van der Waals surface area contributed by atoms with Crippen molar-refractivity contribution in [1.82, 2.24) is 10.2 Å². The molecular formula is C20H22ClN3O5. The van der Waals surface area contributed by atoms with Crippen molar-refractivity contribution in [2.24, 2.45) is 11.8 Å². The van der Waals surface area contributed by atoms with Gasteiger partial charge in [0, 0.05) is 18.2 Å². The number of fused-ring (bicyclic) bond motifs is 4. The van der Waals surface area contributed by atoms with Crippen molar-refractivity contribution in [1.29, 1.82) is 0 Å². The molecule has 0 saturated carbocycles. The number of para-hydroxylation sites is 1. The molecule has 1 spiro atoms. The fraction of sp³-hybridized carbons (Fsp3) is 0.550. The van der Waals surface area contributed by atoms with Crippen LogP contribution in [0.2, 0.25) is 5.02 Å². The highest BCUT2D eigenvalue weighted by molar-refractivity contribution is 6.35. The maximum absolute atomic E-state index is 13.5. The fourth-order valence-electron chi connectivity index (χ4n) is 5.37. The van der Waals surface area contributed by atoms with Gasteiger partial charge in [-0.3, -0.25) is 24.6 Å². The maximum atomic E-state index is 13.5. The Labute approximate surface area is 172 Å². The lowest BCUT2D eigenvalue weighted by Crippen LogP contribution is -2.55. The van der Waals surface area contributed by atoms with E-state index in [1.165, 1.54) is 4.90 Å². The van der Waals surface area contributed by atoms with Crippen molar-refractivity contribution >= 4 is 35.0 Å². The lowest BCUT2D eigenvalue weighted by molar-refractivity contribution is -0.144. The van der Waals surface area contributed by atoms with E-state index in [1.807, 2.05) is 0 Å². The van der Waals surface area contributed by atoms with Gasteiger partial charge in [0.05, 0.1) is 41.3 Å². The molecule has 0 bridgehead atoms. The molecule has 4 heterocycles. The predicted molar refractivity (Wildman–Crippen MR) is 103 cm³/mol. The first-order valence-corrected chi connectivity index (χ1v) is 10.3. The van der Waals surface area contributed by atoms with Gasteiger partial charge in [-0.25, -0.2) is 0 Å². The Kier molecular flexibility index (Phi) is 4.26. The molecule has 5 rings (SSSR count). The van der Waals surface area contributed by atoms with E-state index < -0.39 is 41.3 Å². The number of aliphatic hydroxyl groups excluding tert-OH is 1. The number of carbonyl (C=O) groups is 3. The Balaban J connectivity index is 1.61. The number of amides is 3. The highest BCUT2D eigenvalue weighted by atomic mass is 35.5. The molecule has 0 radical (unpaired) electrons. The highest BCUT2D eigenvalue weighted by Crippen LogP contribution is 2.54. The standard InChI is InChI=1S/C20H22ClN3O5/c1-9(25)15-13-14(18(27)24(17(13)26)8-10-4-3-7-29-10)20(23-15)11-5-2-6-12(21)16(11)22-19(20)28/h2,5-6,9-10,13-15,23,25H,3-4,7-8H2,1H3,(H,22,28)/t9-,10-,13+,14+,15-,20+/m0/s1. The average molecular weight is 420 g/mol. The number of halogens is 1. The third kappa shape index (κ3) is 2.46. The second-order valence-corrected chi connectivity index (χ2v) is 8.67. The van der Waals surface area contributed by atoms with Crippen LogP contribution in [0.5, 0.6) is 0 Å². The molecule has 0 aromatic heterocycles. The van der Waals surface area contributed by atoms with Crippen molar-refractivity contribution in [3.05, 3.63) is 28.8 Å². The molecule has 0 aliphatic carbocycles. The lowest BCUT2D eigenvalue weighted by Gasteiger charge is -2.30. The third-order valence-corrected chi connectivity index (χ3v) is 6.97. The summed E-state index contributed by atoms with van der Waals surface area (Å²) in [6.45, 7) is 2.35. The first-order valence-electron chi connectivity index (χ1n) is 9.89. The molecule has 4 aliphatic rings. The van der Waals surface area contributed by atoms with Gasteiger partial charge in [-0.2, -0.15) is 0 Å². The number of benzene rings is 1. The molecule has 29 heavy (non-hydrogen) atoms. The van der Waals surface area contributed by atoms with Gasteiger partial charge in [0.2, 0.25) is 17.7 Å². The minimum atomic E-state index is -1.44. The topological polar surface area (TPSA) is 108 Å². The number of anilines is 1. The van der Waals surface area contributed by atoms with Gasteiger partial charge in [0.1, 0.15) is 5.54 Å². The molecule has 4 aliphatic heterocycles. The number of likely N-dealkylation sites (tertiary alicyclic amines) is 1. The van der Waals surface area contributed by atoms with Gasteiger partial charge in [0.15, 0.2) is 0 Å². The Morgan fingerprint density at radius 1 is 1.34 bits per heavy atom. The van der Waals surface area contributed by atoms with Crippen LogP contribution in [0.15, 0.2) is 18.2 Å². The number of rotatable bonds is 3. The van der Waals surface area contributed by atoms with Crippen LogP contribution in [0, 0.1) is 11.8 Å². The molecular weight excluding hydrogens is 398 g/mol. The van der Waals surface area contributed by atoms with Crippen LogP contribution in [0.25, 0.3) is 0 Å². The van der Waals surface area contributed by atoms with Crippen LogP contribution in [0.4, 0.5) is 5.69 Å². The van der Waals surface area contributed by atoms with Crippen LogP contribution in [0.3, 0.4) is 0 Å². The molecule has 154 valence electrons. The third-order valence-electron chi connectivity index (χ3n) is 6.66. The van der Waals surface area contributed by atoms with Crippen molar-refractivity contribution in [3.8, 4) is 0 Å². The Morgan fingerprint density at radius 3 is 2.83 bits per heavy atom. The summed E-state index contributed by atoms with van der Waals surface area (Å²) in [6, 6.07) is 4.36. The van der Waals surface area contributed by atoms with E-state index in [1.54, 1.807) is 25.1 Å².